The van der Waals surface area contributed by atoms with Crippen molar-refractivity contribution in [1.29, 1.82) is 0 Å². The largest absolute Gasteiger partial charge is 0.465 e. The molecule has 1 atom stereocenters. The number of likely N-dealkylation sites (N-methyl/N-ethyl adjacent to an activating group) is 1. The Hall–Kier alpha value is -0.610. The average molecular weight is 268 g/mol. The lowest BCUT2D eigenvalue weighted by atomic mass is 9.91. The lowest BCUT2D eigenvalue weighted by molar-refractivity contribution is -0.153. The highest BCUT2D eigenvalue weighted by Gasteiger charge is 2.54. The Bertz CT molecular complexity index is 324. The van der Waals surface area contributed by atoms with Gasteiger partial charge in [-0.25, -0.2) is 4.79 Å². The normalized spacial score (nSPS) is 22.6. The van der Waals surface area contributed by atoms with Crippen LogP contribution in [0.15, 0.2) is 0 Å². The summed E-state index contributed by atoms with van der Waals surface area (Å²) < 4.78 is 5.39. The fourth-order valence-electron chi connectivity index (χ4n) is 2.59. The van der Waals surface area contributed by atoms with Crippen molar-refractivity contribution in [2.75, 3.05) is 20.2 Å². The van der Waals surface area contributed by atoms with Crippen molar-refractivity contribution in [2.24, 2.45) is 5.92 Å². The van der Waals surface area contributed by atoms with E-state index in [1.165, 1.54) is 12.8 Å². The Morgan fingerprint density at radius 3 is 2.42 bits per heavy atom. The maximum Gasteiger partial charge on any atom is 0.327 e. The van der Waals surface area contributed by atoms with Crippen LogP contribution in [0.3, 0.4) is 0 Å². The van der Waals surface area contributed by atoms with E-state index < -0.39 is 5.54 Å². The third-order valence-electron chi connectivity index (χ3n) is 4.33. The zero-order valence-corrected chi connectivity index (χ0v) is 12.7. The third-order valence-corrected chi connectivity index (χ3v) is 4.33. The smallest absolute Gasteiger partial charge is 0.327 e. The summed E-state index contributed by atoms with van der Waals surface area (Å²) in [5.41, 5.74) is -0.476. The zero-order chi connectivity index (χ0) is 14.0. The van der Waals surface area contributed by atoms with Gasteiger partial charge >= 0.3 is 5.97 Å². The molecule has 4 nitrogen and oxygen atoms in total. The molecule has 4 heteroatoms. The predicted molar refractivity (Wildman–Crippen MR) is 76.0 cm³/mol. The second kappa shape index (κ2) is 5.80. The van der Waals surface area contributed by atoms with Gasteiger partial charge in [0.1, 0.15) is 5.54 Å². The minimum absolute atomic E-state index is 0.0445. The van der Waals surface area contributed by atoms with E-state index in [2.05, 4.69) is 31.1 Å². The van der Waals surface area contributed by atoms with Gasteiger partial charge in [0.2, 0.25) is 0 Å². The Morgan fingerprint density at radius 2 is 2.00 bits per heavy atom. The number of hydrogen-bond donors (Lipinski definition) is 1. The van der Waals surface area contributed by atoms with Crippen LogP contribution in [0, 0.1) is 5.92 Å². The molecule has 2 aliphatic carbocycles. The number of rotatable bonds is 8. The summed E-state index contributed by atoms with van der Waals surface area (Å²) in [4.78, 5) is 14.8. The SMILES string of the molecule is CCOC(=O)C(CN(C)C(C)C)(NC1CC1)C1CC1. The van der Waals surface area contributed by atoms with Crippen LogP contribution >= 0.6 is 0 Å². The summed E-state index contributed by atoms with van der Waals surface area (Å²) in [6.07, 6.45) is 4.67. The van der Waals surface area contributed by atoms with Crippen molar-refractivity contribution < 1.29 is 9.53 Å². The van der Waals surface area contributed by atoms with Crippen LogP contribution in [0.25, 0.3) is 0 Å². The van der Waals surface area contributed by atoms with Crippen molar-refractivity contribution in [3.05, 3.63) is 0 Å². The number of hydrogen-bond acceptors (Lipinski definition) is 4. The molecule has 0 aromatic rings. The molecule has 0 spiro atoms. The molecular formula is C15H28N2O2. The first-order chi connectivity index (χ1) is 8.99. The van der Waals surface area contributed by atoms with Gasteiger partial charge in [0.15, 0.2) is 0 Å². The molecule has 0 aromatic carbocycles. The van der Waals surface area contributed by atoms with Crippen LogP contribution in [0.5, 0.6) is 0 Å². The van der Waals surface area contributed by atoms with Crippen molar-refractivity contribution in [3.63, 3.8) is 0 Å². The summed E-state index contributed by atoms with van der Waals surface area (Å²) in [5.74, 6) is 0.408. The molecular weight excluding hydrogens is 240 g/mol. The van der Waals surface area contributed by atoms with Gasteiger partial charge in [0.25, 0.3) is 0 Å². The Balaban J connectivity index is 2.14. The minimum Gasteiger partial charge on any atom is -0.465 e. The highest BCUT2D eigenvalue weighted by atomic mass is 16.5. The van der Waals surface area contributed by atoms with E-state index in [1.807, 2.05) is 6.92 Å². The van der Waals surface area contributed by atoms with E-state index in [4.69, 9.17) is 4.74 Å². The van der Waals surface area contributed by atoms with Crippen LogP contribution in [-0.4, -0.2) is 48.7 Å². The highest BCUT2D eigenvalue weighted by Crippen LogP contribution is 2.43. The standard InChI is InChI=1S/C15H28N2O2/c1-5-19-14(18)15(12-6-7-12,16-13-8-9-13)10-17(4)11(2)3/h11-13,16H,5-10H2,1-4H3. The van der Waals surface area contributed by atoms with E-state index in [-0.39, 0.29) is 5.97 Å². The molecule has 0 heterocycles. The number of ether oxygens (including phenoxy) is 1. The number of nitrogens with one attached hydrogen (secondary N) is 1. The number of esters is 1. The van der Waals surface area contributed by atoms with Gasteiger partial charge in [-0.3, -0.25) is 5.32 Å². The molecule has 0 bridgehead atoms. The van der Waals surface area contributed by atoms with Crippen molar-refractivity contribution in [1.82, 2.24) is 10.2 Å². The molecule has 2 saturated carbocycles. The summed E-state index contributed by atoms with van der Waals surface area (Å²) >= 11 is 0. The van der Waals surface area contributed by atoms with Gasteiger partial charge in [-0.05, 0) is 59.4 Å². The molecule has 1 unspecified atom stereocenters. The maximum atomic E-state index is 12.6. The molecule has 19 heavy (non-hydrogen) atoms. The van der Waals surface area contributed by atoms with Gasteiger partial charge in [-0.1, -0.05) is 0 Å². The Kier molecular flexibility index (Phi) is 4.51. The van der Waals surface area contributed by atoms with Crippen molar-refractivity contribution in [2.45, 2.75) is 64.1 Å². The first-order valence-electron chi connectivity index (χ1n) is 7.64. The highest BCUT2D eigenvalue weighted by molar-refractivity contribution is 5.82. The fraction of sp³-hybridized carbons (Fsp3) is 0.933. The molecule has 2 rings (SSSR count). The number of carbonyl (C=O) groups excluding carboxylic acids is 1. The monoisotopic (exact) mass is 268 g/mol. The Morgan fingerprint density at radius 1 is 1.37 bits per heavy atom. The first kappa shape index (κ1) is 14.8. The van der Waals surface area contributed by atoms with E-state index in [9.17, 15) is 4.79 Å². The van der Waals surface area contributed by atoms with Crippen LogP contribution < -0.4 is 5.32 Å². The molecule has 110 valence electrons. The average Bonchev–Trinajstić information content (AvgIpc) is 3.21. The van der Waals surface area contributed by atoms with Crippen molar-refractivity contribution >= 4 is 5.97 Å². The van der Waals surface area contributed by atoms with Gasteiger partial charge in [-0.2, -0.15) is 0 Å². The van der Waals surface area contributed by atoms with E-state index in [0.717, 1.165) is 19.4 Å². The lowest BCUT2D eigenvalue weighted by Crippen LogP contribution is -2.62. The molecule has 0 radical (unpaired) electrons. The molecule has 1 N–H and O–H groups in total. The van der Waals surface area contributed by atoms with Crippen molar-refractivity contribution in [3.8, 4) is 0 Å². The third kappa shape index (κ3) is 3.48. The van der Waals surface area contributed by atoms with Gasteiger partial charge in [0, 0.05) is 18.6 Å². The van der Waals surface area contributed by atoms with Gasteiger partial charge in [-0.15, -0.1) is 0 Å². The lowest BCUT2D eigenvalue weighted by Gasteiger charge is -2.37. The van der Waals surface area contributed by atoms with Gasteiger partial charge < -0.3 is 9.64 Å². The predicted octanol–water partition coefficient (Wildman–Crippen LogP) is 1.79. The molecule has 2 fully saturated rings. The quantitative estimate of drug-likeness (QED) is 0.682. The first-order valence-corrected chi connectivity index (χ1v) is 7.64. The zero-order valence-electron chi connectivity index (χ0n) is 12.7. The van der Waals surface area contributed by atoms with Crippen LogP contribution in [0.4, 0.5) is 0 Å². The second-order valence-corrected chi connectivity index (χ2v) is 6.39. The second-order valence-electron chi connectivity index (χ2n) is 6.39. The topological polar surface area (TPSA) is 41.6 Å². The summed E-state index contributed by atoms with van der Waals surface area (Å²) in [6.45, 7) is 7.44. The number of nitrogens with zero attached hydrogens (tertiary/aromatic N) is 1. The van der Waals surface area contributed by atoms with Crippen LogP contribution in [0.1, 0.15) is 46.5 Å². The minimum atomic E-state index is -0.476. The van der Waals surface area contributed by atoms with Gasteiger partial charge in [0.05, 0.1) is 6.61 Å². The molecule has 0 saturated heterocycles. The van der Waals surface area contributed by atoms with E-state index in [1.54, 1.807) is 0 Å². The summed E-state index contributed by atoms with van der Waals surface area (Å²) in [6, 6.07) is 0.958. The van der Waals surface area contributed by atoms with Crippen LogP contribution in [-0.2, 0) is 9.53 Å². The molecule has 0 amide bonds. The Labute approximate surface area is 116 Å². The fourth-order valence-corrected chi connectivity index (χ4v) is 2.59. The molecule has 2 aliphatic rings. The molecule has 0 aromatic heterocycles. The number of carbonyl (C=O) groups is 1. The summed E-state index contributed by atoms with van der Waals surface area (Å²) in [5, 5.41) is 3.62. The van der Waals surface area contributed by atoms with E-state index in [0.29, 0.717) is 24.6 Å². The molecule has 0 aliphatic heterocycles. The van der Waals surface area contributed by atoms with E-state index >= 15 is 0 Å². The summed E-state index contributed by atoms with van der Waals surface area (Å²) in [7, 11) is 2.09. The maximum absolute atomic E-state index is 12.6. The van der Waals surface area contributed by atoms with Crippen LogP contribution in [0.2, 0.25) is 0 Å².